The molecule has 0 aromatic carbocycles. The van der Waals surface area contributed by atoms with E-state index >= 15 is 0 Å². The van der Waals surface area contributed by atoms with Crippen LogP contribution in [0.3, 0.4) is 0 Å². The molecule has 0 aliphatic heterocycles. The van der Waals surface area contributed by atoms with E-state index in [1.807, 2.05) is 0 Å². The molecule has 0 atom stereocenters. The first-order valence-electron chi connectivity index (χ1n) is 4.35. The number of rotatable bonds is 0. The first kappa shape index (κ1) is 24.6. The van der Waals surface area contributed by atoms with Crippen LogP contribution in [-0.4, -0.2) is 24.4 Å². The predicted molar refractivity (Wildman–Crippen MR) is 57.7 cm³/mol. The molecule has 0 bridgehead atoms. The van der Waals surface area contributed by atoms with Crippen molar-refractivity contribution in [2.45, 2.75) is 34.1 Å². The maximum Gasteiger partial charge on any atom is 0.0319 e. The number of hydrogen-bond acceptors (Lipinski definition) is 2. The molecule has 0 fully saturated rings. The molecule has 0 unspecified atom stereocenters. The van der Waals surface area contributed by atoms with Gasteiger partial charge < -0.3 is 22.6 Å². The molecule has 0 aromatic heterocycles. The van der Waals surface area contributed by atoms with E-state index in [4.69, 9.17) is 10.2 Å². The van der Waals surface area contributed by atoms with Gasteiger partial charge in [-0.2, -0.15) is 0 Å². The Kier molecular flexibility index (Phi) is 23.6. The van der Waals surface area contributed by atoms with E-state index in [-0.39, 0.29) is 34.1 Å². The van der Waals surface area contributed by atoms with Gasteiger partial charge in [0.2, 0.25) is 0 Å². The Morgan fingerprint density at radius 1 is 0.733 bits per heavy atom. The average molecular weight is 270 g/mol. The fourth-order valence-corrected chi connectivity index (χ4v) is 1.30. The minimum absolute atomic E-state index is 0. The van der Waals surface area contributed by atoms with E-state index in [9.17, 15) is 0 Å². The second kappa shape index (κ2) is 14.4. The average Bonchev–Trinajstić information content (AvgIpc) is 2.40. The summed E-state index contributed by atoms with van der Waals surface area (Å²) < 4.78 is 0. The normalized spacial score (nSPS) is 12.8. The van der Waals surface area contributed by atoms with E-state index in [0.29, 0.717) is 0 Å². The summed E-state index contributed by atoms with van der Waals surface area (Å²) in [6.07, 6.45) is 1.21. The van der Waals surface area contributed by atoms with Gasteiger partial charge in [-0.25, -0.2) is 0 Å². The maximum atomic E-state index is 7.00. The Balaban J connectivity index is -0.0000000910. The van der Waals surface area contributed by atoms with Crippen LogP contribution in [0.15, 0.2) is 22.3 Å². The fraction of sp³-hybridized carbons (Fsp3) is 0.636. The fourth-order valence-electron chi connectivity index (χ4n) is 1.30. The van der Waals surface area contributed by atoms with Gasteiger partial charge in [0.05, 0.1) is 0 Å². The summed E-state index contributed by atoms with van der Waals surface area (Å²) in [4.78, 5) is 0. The van der Waals surface area contributed by atoms with E-state index in [0.717, 1.165) is 14.2 Å². The second-order valence-corrected chi connectivity index (χ2v) is 2.99. The van der Waals surface area contributed by atoms with Crippen LogP contribution in [0.2, 0.25) is 0 Å². The molecule has 4 heteroatoms. The van der Waals surface area contributed by atoms with Gasteiger partial charge in [-0.05, 0) is 45.3 Å². The third-order valence-corrected chi connectivity index (χ3v) is 2.37. The van der Waals surface area contributed by atoms with Gasteiger partial charge in [0, 0.05) is 35.9 Å². The van der Waals surface area contributed by atoms with Gasteiger partial charge >= 0.3 is 0 Å². The van der Waals surface area contributed by atoms with Crippen molar-refractivity contribution in [3.8, 4) is 0 Å². The minimum Gasteiger partial charge on any atom is -1.00 e. The van der Waals surface area contributed by atoms with Crippen LogP contribution in [-0.2, 0) is 21.7 Å². The summed E-state index contributed by atoms with van der Waals surface area (Å²) in [5.41, 5.74) is 6.11. The quantitative estimate of drug-likeness (QED) is 0.570. The summed E-state index contributed by atoms with van der Waals surface area (Å²) in [5.74, 6) is 0. The van der Waals surface area contributed by atoms with Gasteiger partial charge in [0.25, 0.3) is 0 Å². The Bertz CT molecular complexity index is 189. The topological polar surface area (TPSA) is 40.5 Å². The molecule has 2 N–H and O–H groups in total. The molecule has 1 rings (SSSR count). The second-order valence-electron chi connectivity index (χ2n) is 2.99. The predicted octanol–water partition coefficient (Wildman–Crippen LogP) is -0.719. The van der Waals surface area contributed by atoms with Crippen molar-refractivity contribution < 1.29 is 44.3 Å². The number of halogens is 1. The van der Waals surface area contributed by atoms with Crippen LogP contribution in [0.5, 0.6) is 0 Å². The monoisotopic (exact) mass is 269 g/mol. The molecule has 0 radical (unpaired) electrons. The van der Waals surface area contributed by atoms with Crippen LogP contribution >= 0.6 is 0 Å². The van der Waals surface area contributed by atoms with Crippen LogP contribution in [0, 0.1) is 0 Å². The molecule has 0 amide bonds. The molecular weight excluding hydrogens is 247 g/mol. The molecule has 0 aromatic rings. The SMILES string of the molecule is CC1=C(C)C(C)=C(C)C1.CO.CO.[Cl-].[Ti]. The minimum atomic E-state index is 0. The molecule has 1 aliphatic rings. The summed E-state index contributed by atoms with van der Waals surface area (Å²) in [6.45, 7) is 8.85. The van der Waals surface area contributed by atoms with Crippen LogP contribution in [0.1, 0.15) is 34.1 Å². The summed E-state index contributed by atoms with van der Waals surface area (Å²) >= 11 is 0. The van der Waals surface area contributed by atoms with Crippen molar-refractivity contribution in [1.82, 2.24) is 0 Å². The van der Waals surface area contributed by atoms with Gasteiger partial charge in [-0.1, -0.05) is 11.1 Å². The smallest absolute Gasteiger partial charge is 0.0319 e. The molecule has 1 aliphatic carbocycles. The zero-order chi connectivity index (χ0) is 11.0. The molecule has 0 saturated carbocycles. The first-order chi connectivity index (χ1) is 6.13. The van der Waals surface area contributed by atoms with Crippen LogP contribution < -0.4 is 12.4 Å². The van der Waals surface area contributed by atoms with Crippen molar-refractivity contribution in [3.05, 3.63) is 22.3 Å². The number of aliphatic hydroxyl groups excluding tert-OH is 2. The van der Waals surface area contributed by atoms with Gasteiger partial charge in [-0.3, -0.25) is 0 Å². The first-order valence-corrected chi connectivity index (χ1v) is 4.35. The van der Waals surface area contributed by atoms with Crippen LogP contribution in [0.25, 0.3) is 0 Å². The standard InChI is InChI=1S/C9H14.2CH4O.ClH.Ti/c1-6-5-7(2)9(4)8(6)3;2*1-2;;/h5H2,1-4H3;2*2H,1H3;1H;/p-1. The molecule has 0 spiro atoms. The molecular formula is C11H22ClO2Ti-. The molecule has 15 heavy (non-hydrogen) atoms. The molecule has 0 heterocycles. The van der Waals surface area contributed by atoms with Gasteiger partial charge in [-0.15, -0.1) is 0 Å². The van der Waals surface area contributed by atoms with E-state index in [1.54, 1.807) is 11.1 Å². The number of hydrogen-bond donors (Lipinski definition) is 2. The Labute approximate surface area is 115 Å². The van der Waals surface area contributed by atoms with Gasteiger partial charge in [0.1, 0.15) is 0 Å². The summed E-state index contributed by atoms with van der Waals surface area (Å²) in [7, 11) is 2.00. The van der Waals surface area contributed by atoms with Crippen molar-refractivity contribution in [1.29, 1.82) is 0 Å². The zero-order valence-corrected chi connectivity index (χ0v) is 12.8. The van der Waals surface area contributed by atoms with Gasteiger partial charge in [0.15, 0.2) is 0 Å². The molecule has 0 saturated heterocycles. The van der Waals surface area contributed by atoms with Crippen molar-refractivity contribution in [3.63, 3.8) is 0 Å². The Morgan fingerprint density at radius 3 is 1.00 bits per heavy atom. The number of allylic oxidation sites excluding steroid dienone is 4. The molecule has 2 nitrogen and oxygen atoms in total. The third kappa shape index (κ3) is 8.24. The van der Waals surface area contributed by atoms with E-state index < -0.39 is 0 Å². The molecule has 90 valence electrons. The third-order valence-electron chi connectivity index (χ3n) is 2.37. The van der Waals surface area contributed by atoms with Crippen molar-refractivity contribution in [2.24, 2.45) is 0 Å². The van der Waals surface area contributed by atoms with Crippen LogP contribution in [0.4, 0.5) is 0 Å². The summed E-state index contributed by atoms with van der Waals surface area (Å²) in [5, 5.41) is 14.0. The van der Waals surface area contributed by atoms with Crippen molar-refractivity contribution in [2.75, 3.05) is 14.2 Å². The number of aliphatic hydroxyl groups is 2. The summed E-state index contributed by atoms with van der Waals surface area (Å²) in [6, 6.07) is 0. The Hall–Kier alpha value is 0.404. The van der Waals surface area contributed by atoms with E-state index in [2.05, 4.69) is 27.7 Å². The van der Waals surface area contributed by atoms with Crippen molar-refractivity contribution >= 4 is 0 Å². The maximum absolute atomic E-state index is 7.00. The zero-order valence-electron chi connectivity index (χ0n) is 10.5. The Morgan fingerprint density at radius 2 is 0.933 bits per heavy atom. The largest absolute Gasteiger partial charge is 1.00 e. The van der Waals surface area contributed by atoms with E-state index in [1.165, 1.54) is 17.6 Å².